The van der Waals surface area contributed by atoms with Crippen LogP contribution in [0.1, 0.15) is 35.2 Å². The molecule has 7 atom stereocenters. The van der Waals surface area contributed by atoms with Gasteiger partial charge in [-0.15, -0.1) is 0 Å². The largest absolute Gasteiger partial charge is 0.507 e. The van der Waals surface area contributed by atoms with Crippen molar-refractivity contribution in [2.75, 3.05) is 5.73 Å². The van der Waals surface area contributed by atoms with Gasteiger partial charge in [0.15, 0.2) is 34.7 Å². The number of fused-ring (bicyclic) bond motifs is 3. The fourth-order valence-corrected chi connectivity index (χ4v) is 5.65. The Morgan fingerprint density at radius 3 is 2.42 bits per heavy atom. The first-order valence-corrected chi connectivity index (χ1v) is 9.90. The minimum Gasteiger partial charge on any atom is -0.507 e. The predicted octanol–water partition coefficient (Wildman–Crippen LogP) is -0.906. The molecule has 0 bridgehead atoms. The zero-order chi connectivity index (χ0) is 23.2. The number of aliphatic hydroxyl groups is 2. The van der Waals surface area contributed by atoms with Gasteiger partial charge in [0.25, 0.3) is 0 Å². The second-order valence-corrected chi connectivity index (χ2v) is 8.80. The molecule has 3 aliphatic rings. The second-order valence-electron chi connectivity index (χ2n) is 8.39. The first-order valence-electron chi connectivity index (χ1n) is 9.52. The van der Waals surface area contributed by atoms with Crippen LogP contribution in [0.25, 0.3) is 0 Å². The molecule has 1 aromatic rings. The molecule has 4 rings (SSSR count). The number of primary amides is 1. The van der Waals surface area contributed by atoms with Crippen LogP contribution in [0.4, 0.5) is 5.69 Å². The zero-order valence-electron chi connectivity index (χ0n) is 16.2. The average Bonchev–Trinajstić information content (AvgIpc) is 2.68. The number of amides is 1. The molecule has 0 saturated heterocycles. The summed E-state index contributed by atoms with van der Waals surface area (Å²) < 4.78 is 0. The van der Waals surface area contributed by atoms with Gasteiger partial charge in [0.05, 0.1) is 22.2 Å². The number of benzene rings is 1. The normalized spacial score (nSPS) is 37.2. The van der Waals surface area contributed by atoms with Crippen molar-refractivity contribution >= 4 is 46.3 Å². The molecule has 0 aromatic heterocycles. The molecule has 2 fully saturated rings. The number of rotatable bonds is 1. The van der Waals surface area contributed by atoms with Crippen LogP contribution in [0.15, 0.2) is 6.07 Å². The van der Waals surface area contributed by atoms with Gasteiger partial charge in [-0.05, 0) is 23.8 Å². The molecule has 11 heteroatoms. The van der Waals surface area contributed by atoms with E-state index in [1.54, 1.807) is 6.92 Å². The van der Waals surface area contributed by atoms with Gasteiger partial charge in [-0.25, -0.2) is 0 Å². The molecular weight excluding hydrogens is 432 g/mol. The summed E-state index contributed by atoms with van der Waals surface area (Å²) in [7, 11) is 0. The monoisotopic (exact) mass is 450 g/mol. The van der Waals surface area contributed by atoms with Crippen molar-refractivity contribution in [1.29, 1.82) is 0 Å². The van der Waals surface area contributed by atoms with Crippen LogP contribution >= 0.6 is 11.6 Å². The average molecular weight is 451 g/mol. The molecule has 3 aliphatic carbocycles. The van der Waals surface area contributed by atoms with E-state index in [0.29, 0.717) is 0 Å². The van der Waals surface area contributed by atoms with E-state index in [2.05, 4.69) is 0 Å². The number of ketones is 4. The first kappa shape index (κ1) is 21.4. The van der Waals surface area contributed by atoms with E-state index < -0.39 is 76.1 Å². The van der Waals surface area contributed by atoms with Crippen LogP contribution in [-0.4, -0.2) is 56.1 Å². The van der Waals surface area contributed by atoms with Gasteiger partial charge in [0.2, 0.25) is 5.91 Å². The summed E-state index contributed by atoms with van der Waals surface area (Å²) in [5.74, 6) is -13.5. The minimum atomic E-state index is -2.95. The lowest BCUT2D eigenvalue weighted by molar-refractivity contribution is -0.186. The van der Waals surface area contributed by atoms with Gasteiger partial charge in [-0.2, -0.15) is 0 Å². The van der Waals surface area contributed by atoms with Crippen molar-refractivity contribution in [3.63, 3.8) is 0 Å². The van der Waals surface area contributed by atoms with Gasteiger partial charge < -0.3 is 26.8 Å². The number of phenolic OH excluding ortho intramolecular Hbond substituents is 1. The molecule has 2 unspecified atom stereocenters. The number of nitrogens with two attached hydrogens (primary N) is 2. The summed E-state index contributed by atoms with van der Waals surface area (Å²) in [6, 6.07) is 1.06. The Labute approximate surface area is 180 Å². The van der Waals surface area contributed by atoms with Gasteiger partial charge in [0.1, 0.15) is 11.9 Å². The number of Topliss-reactive ketones (excluding diaryl/α,β-unsaturated/α-hetero) is 4. The van der Waals surface area contributed by atoms with Gasteiger partial charge in [-0.3, -0.25) is 24.0 Å². The minimum absolute atomic E-state index is 0.000322. The summed E-state index contributed by atoms with van der Waals surface area (Å²) >= 11 is 6.03. The molecule has 0 radical (unpaired) electrons. The second kappa shape index (κ2) is 6.59. The molecule has 1 amide bonds. The van der Waals surface area contributed by atoms with Crippen LogP contribution in [0.5, 0.6) is 5.75 Å². The number of hydrogen-bond acceptors (Lipinski definition) is 9. The van der Waals surface area contributed by atoms with Crippen LogP contribution in [0, 0.1) is 23.7 Å². The molecule has 0 aliphatic heterocycles. The molecule has 0 spiro atoms. The quantitative estimate of drug-likeness (QED) is 0.204. The van der Waals surface area contributed by atoms with Crippen molar-refractivity contribution < 1.29 is 39.3 Å². The maximum Gasteiger partial charge on any atom is 0.235 e. The third-order valence-electron chi connectivity index (χ3n) is 6.99. The molecule has 2 saturated carbocycles. The lowest BCUT2D eigenvalue weighted by Gasteiger charge is -2.51. The fraction of sp³-hybridized carbons (Fsp3) is 0.450. The third-order valence-corrected chi connectivity index (χ3v) is 7.30. The zero-order valence-corrected chi connectivity index (χ0v) is 16.9. The Balaban J connectivity index is 1.91. The number of nitrogen functional groups attached to an aromatic ring is 1. The number of aromatic hydroxyl groups is 1. The Bertz CT molecular complexity index is 1100. The standard InChI is InChI=1S/C20H19ClN2O8/c1-4-5-2-6-14(25)16(27)12(19(23)30)18(29)20(6,31)17(28)10(5)15(26)11-8(24)3-7(21)13(22)9(4)11/h3-6,10,12,14,24-25,31H,2,22H2,1H3,(H2,23,30)/t4-,5+,6-,10?,12?,14+,20-/m0/s1. The van der Waals surface area contributed by atoms with E-state index >= 15 is 0 Å². The highest BCUT2D eigenvalue weighted by molar-refractivity contribution is 6.35. The van der Waals surface area contributed by atoms with E-state index in [0.717, 1.165) is 6.07 Å². The van der Waals surface area contributed by atoms with Crippen molar-refractivity contribution in [2.45, 2.75) is 31.0 Å². The molecule has 1 aromatic carbocycles. The van der Waals surface area contributed by atoms with Crippen LogP contribution in [-0.2, 0) is 19.2 Å². The maximum absolute atomic E-state index is 13.4. The number of halogens is 1. The summed E-state index contributed by atoms with van der Waals surface area (Å²) in [5.41, 5.74) is 8.18. The Morgan fingerprint density at radius 2 is 1.84 bits per heavy atom. The molecule has 31 heavy (non-hydrogen) atoms. The number of hydrogen-bond donors (Lipinski definition) is 5. The number of aliphatic hydroxyl groups excluding tert-OH is 1. The summed E-state index contributed by atoms with van der Waals surface area (Å²) in [6.45, 7) is 1.62. The number of anilines is 1. The van der Waals surface area contributed by atoms with Gasteiger partial charge >= 0.3 is 0 Å². The van der Waals surface area contributed by atoms with Crippen molar-refractivity contribution in [2.24, 2.45) is 29.4 Å². The van der Waals surface area contributed by atoms with Crippen molar-refractivity contribution in [1.82, 2.24) is 0 Å². The Hall–Kier alpha value is -2.82. The number of carbonyl (C=O) groups is 5. The summed E-state index contributed by atoms with van der Waals surface area (Å²) in [4.78, 5) is 63.5. The topological polar surface area (TPSA) is 198 Å². The molecular formula is C20H19ClN2O8. The third kappa shape index (κ3) is 2.49. The van der Waals surface area contributed by atoms with E-state index in [9.17, 15) is 39.3 Å². The lowest BCUT2D eigenvalue weighted by Crippen LogP contribution is -2.72. The summed E-state index contributed by atoms with van der Waals surface area (Å²) in [6.07, 6.45) is -2.28. The van der Waals surface area contributed by atoms with Crippen LogP contribution in [0.2, 0.25) is 5.02 Å². The first-order chi connectivity index (χ1) is 14.3. The fourth-order valence-electron chi connectivity index (χ4n) is 5.44. The van der Waals surface area contributed by atoms with E-state index in [1.165, 1.54) is 0 Å². The number of phenols is 1. The highest BCUT2D eigenvalue weighted by Gasteiger charge is 2.69. The van der Waals surface area contributed by atoms with E-state index in [4.69, 9.17) is 23.1 Å². The molecule has 164 valence electrons. The highest BCUT2D eigenvalue weighted by Crippen LogP contribution is 2.55. The molecule has 10 nitrogen and oxygen atoms in total. The van der Waals surface area contributed by atoms with Crippen LogP contribution < -0.4 is 11.5 Å². The van der Waals surface area contributed by atoms with E-state index in [1.807, 2.05) is 0 Å². The smallest absolute Gasteiger partial charge is 0.235 e. The SMILES string of the molecule is C[C@@H]1c2c(N)c(Cl)cc(O)c2C(=O)C2C(=O)[C@]3(O)C(=O)C(C(N)=O)C(=O)[C@H](O)[C@@H]3C[C@@H]21. The predicted molar refractivity (Wildman–Crippen MR) is 104 cm³/mol. The number of carbonyl (C=O) groups excluding carboxylic acids is 5. The highest BCUT2D eigenvalue weighted by atomic mass is 35.5. The molecule has 7 N–H and O–H groups in total. The van der Waals surface area contributed by atoms with E-state index in [-0.39, 0.29) is 28.3 Å². The van der Waals surface area contributed by atoms with Crippen molar-refractivity contribution in [3.05, 3.63) is 22.2 Å². The Morgan fingerprint density at radius 1 is 1.23 bits per heavy atom. The maximum atomic E-state index is 13.4. The lowest BCUT2D eigenvalue weighted by atomic mass is 9.51. The Kier molecular flexibility index (Phi) is 4.55. The van der Waals surface area contributed by atoms with Gasteiger partial charge in [0, 0.05) is 12.0 Å². The summed E-state index contributed by atoms with van der Waals surface area (Å²) in [5, 5.41) is 31.9. The molecule has 0 heterocycles. The van der Waals surface area contributed by atoms with Gasteiger partial charge in [-0.1, -0.05) is 18.5 Å². The van der Waals surface area contributed by atoms with Crippen molar-refractivity contribution in [3.8, 4) is 5.75 Å². The van der Waals surface area contributed by atoms with Crippen LogP contribution in [0.3, 0.4) is 0 Å².